The molecule has 0 bridgehead atoms. The van der Waals surface area contributed by atoms with E-state index < -0.39 is 11.2 Å². The maximum Gasteiger partial charge on any atom is 0.330 e. The number of aromatic nitrogens is 2. The monoisotopic (exact) mass is 467 g/mol. The zero-order valence-electron chi connectivity index (χ0n) is 20.5. The predicted molar refractivity (Wildman–Crippen MR) is 138 cm³/mol. The van der Waals surface area contributed by atoms with E-state index in [1.54, 1.807) is 0 Å². The normalized spacial score (nSPS) is 14.3. The maximum atomic E-state index is 13.5. The van der Waals surface area contributed by atoms with E-state index in [2.05, 4.69) is 41.9 Å². The first-order valence-corrected chi connectivity index (χ1v) is 12.2. The van der Waals surface area contributed by atoms with E-state index >= 15 is 0 Å². The number of carbonyl (C=O) groups excluding carboxylic acids is 1. The number of aromatic amines is 1. The molecule has 1 amide bonds. The van der Waals surface area contributed by atoms with Gasteiger partial charge in [0.2, 0.25) is 5.91 Å². The Morgan fingerprint density at radius 1 is 1.21 bits per heavy atom. The minimum absolute atomic E-state index is 0.0595. The highest BCUT2D eigenvalue weighted by Gasteiger charge is 2.26. The van der Waals surface area contributed by atoms with Crippen LogP contribution in [0.2, 0.25) is 0 Å². The number of H-pyrrole nitrogens is 1. The van der Waals surface area contributed by atoms with Crippen LogP contribution in [0.5, 0.6) is 0 Å². The smallest absolute Gasteiger partial charge is 0.330 e. The van der Waals surface area contributed by atoms with Crippen LogP contribution in [0.25, 0.3) is 5.57 Å². The average Bonchev–Trinajstić information content (AvgIpc) is 2.81. The molecule has 8 heteroatoms. The van der Waals surface area contributed by atoms with Gasteiger partial charge in [-0.2, -0.15) is 0 Å². The van der Waals surface area contributed by atoms with Gasteiger partial charge in [0, 0.05) is 26.2 Å². The number of nitrogens with zero attached hydrogens (tertiary/aromatic N) is 3. The number of benzene rings is 1. The molecule has 0 aliphatic carbocycles. The molecule has 2 aromatic rings. The summed E-state index contributed by atoms with van der Waals surface area (Å²) >= 11 is 0. The molecule has 2 heterocycles. The average molecular weight is 468 g/mol. The Bertz CT molecular complexity index is 1120. The third-order valence-electron chi connectivity index (χ3n) is 6.25. The van der Waals surface area contributed by atoms with Crippen molar-refractivity contribution in [3.05, 3.63) is 62.8 Å². The van der Waals surface area contributed by atoms with E-state index in [9.17, 15) is 14.4 Å². The van der Waals surface area contributed by atoms with Crippen molar-refractivity contribution in [2.24, 2.45) is 5.92 Å². The molecule has 1 aromatic carbocycles. The van der Waals surface area contributed by atoms with Crippen LogP contribution in [-0.2, 0) is 11.3 Å². The highest BCUT2D eigenvalue weighted by Crippen LogP contribution is 2.23. The SMILES string of the molecule is CCCCn1c(N)c(N(CCC(C)C)C(=O)CN2CC=C(c3ccccc3)CC2)c(=O)[nH]c1=O. The summed E-state index contributed by atoms with van der Waals surface area (Å²) in [5, 5.41) is 0. The second-order valence-electron chi connectivity index (χ2n) is 9.31. The van der Waals surface area contributed by atoms with Gasteiger partial charge in [0.05, 0.1) is 6.54 Å². The van der Waals surface area contributed by atoms with Crippen molar-refractivity contribution in [3.8, 4) is 0 Å². The van der Waals surface area contributed by atoms with Gasteiger partial charge in [-0.3, -0.25) is 24.0 Å². The van der Waals surface area contributed by atoms with Crippen molar-refractivity contribution >= 4 is 23.0 Å². The van der Waals surface area contributed by atoms with Crippen LogP contribution in [-0.4, -0.2) is 46.5 Å². The second kappa shape index (κ2) is 11.8. The number of hydrogen-bond donors (Lipinski definition) is 2. The molecule has 0 spiro atoms. The number of anilines is 2. The zero-order valence-corrected chi connectivity index (χ0v) is 20.5. The molecule has 0 fully saturated rings. The van der Waals surface area contributed by atoms with Gasteiger partial charge in [-0.25, -0.2) is 4.79 Å². The second-order valence-corrected chi connectivity index (χ2v) is 9.31. The van der Waals surface area contributed by atoms with Gasteiger partial charge in [-0.15, -0.1) is 0 Å². The molecule has 0 saturated carbocycles. The van der Waals surface area contributed by atoms with Gasteiger partial charge in [-0.05, 0) is 36.3 Å². The Balaban J connectivity index is 1.83. The lowest BCUT2D eigenvalue weighted by molar-refractivity contribution is -0.119. The first-order valence-electron chi connectivity index (χ1n) is 12.2. The molecule has 3 rings (SSSR count). The minimum Gasteiger partial charge on any atom is -0.383 e. The van der Waals surface area contributed by atoms with Crippen molar-refractivity contribution in [2.75, 3.05) is 36.8 Å². The summed E-state index contributed by atoms with van der Waals surface area (Å²) in [6.45, 7) is 8.53. The molecule has 1 aliphatic rings. The third-order valence-corrected chi connectivity index (χ3v) is 6.25. The number of nitrogens with one attached hydrogen (secondary N) is 1. The van der Waals surface area contributed by atoms with Crippen LogP contribution in [0.3, 0.4) is 0 Å². The van der Waals surface area contributed by atoms with Crippen LogP contribution in [0.1, 0.15) is 52.0 Å². The molecule has 8 nitrogen and oxygen atoms in total. The molecule has 34 heavy (non-hydrogen) atoms. The molecule has 0 atom stereocenters. The summed E-state index contributed by atoms with van der Waals surface area (Å²) in [6, 6.07) is 10.3. The summed E-state index contributed by atoms with van der Waals surface area (Å²) in [5.41, 5.74) is 7.74. The number of nitrogens with two attached hydrogens (primary N) is 1. The lowest BCUT2D eigenvalue weighted by Gasteiger charge is -2.30. The van der Waals surface area contributed by atoms with Gasteiger partial charge >= 0.3 is 5.69 Å². The Kier molecular flexibility index (Phi) is 8.87. The van der Waals surface area contributed by atoms with E-state index in [-0.39, 0.29) is 24.0 Å². The van der Waals surface area contributed by atoms with E-state index in [0.717, 1.165) is 32.2 Å². The summed E-state index contributed by atoms with van der Waals surface area (Å²) in [6.07, 6.45) is 5.37. The van der Waals surface area contributed by atoms with Gasteiger partial charge in [0.1, 0.15) is 5.82 Å². The van der Waals surface area contributed by atoms with Crippen molar-refractivity contribution in [2.45, 2.75) is 53.0 Å². The molecule has 0 radical (unpaired) electrons. The van der Waals surface area contributed by atoms with Crippen molar-refractivity contribution in [1.82, 2.24) is 14.5 Å². The lowest BCUT2D eigenvalue weighted by Crippen LogP contribution is -2.46. The summed E-state index contributed by atoms with van der Waals surface area (Å²) in [7, 11) is 0. The quantitative estimate of drug-likeness (QED) is 0.559. The van der Waals surface area contributed by atoms with E-state index in [1.165, 1.54) is 20.6 Å². The Hall–Kier alpha value is -3.13. The number of amides is 1. The minimum atomic E-state index is -0.614. The summed E-state index contributed by atoms with van der Waals surface area (Å²) in [5.74, 6) is 0.215. The fourth-order valence-electron chi connectivity index (χ4n) is 4.17. The zero-order chi connectivity index (χ0) is 24.7. The molecule has 1 aliphatic heterocycles. The standard InChI is InChI=1S/C26H37N5O3/c1-4-5-14-31-24(27)23(25(33)28-26(31)34)30(17-11-19(2)3)22(32)18-29-15-12-21(13-16-29)20-9-7-6-8-10-20/h6-10,12,19H,4-5,11,13-18,27H2,1-3H3,(H,28,33,34). The molecule has 0 unspecified atom stereocenters. The van der Waals surface area contributed by atoms with E-state index in [1.807, 2.05) is 25.1 Å². The van der Waals surface area contributed by atoms with Crippen LogP contribution < -0.4 is 21.9 Å². The topological polar surface area (TPSA) is 104 Å². The van der Waals surface area contributed by atoms with Crippen molar-refractivity contribution in [1.29, 1.82) is 0 Å². The van der Waals surface area contributed by atoms with Gasteiger partial charge in [-0.1, -0.05) is 63.6 Å². The first-order chi connectivity index (χ1) is 16.3. The molecular weight excluding hydrogens is 430 g/mol. The molecule has 184 valence electrons. The Morgan fingerprint density at radius 3 is 2.56 bits per heavy atom. The number of carbonyl (C=O) groups is 1. The number of hydrogen-bond acceptors (Lipinski definition) is 5. The highest BCUT2D eigenvalue weighted by molar-refractivity contribution is 5.96. The van der Waals surface area contributed by atoms with Crippen molar-refractivity contribution < 1.29 is 4.79 Å². The number of nitrogen functional groups attached to an aromatic ring is 1. The summed E-state index contributed by atoms with van der Waals surface area (Å²) < 4.78 is 1.37. The fourth-order valence-corrected chi connectivity index (χ4v) is 4.17. The van der Waals surface area contributed by atoms with Crippen LogP contribution >= 0.6 is 0 Å². The summed E-state index contributed by atoms with van der Waals surface area (Å²) in [4.78, 5) is 44.5. The third kappa shape index (κ3) is 6.26. The number of unbranched alkanes of at least 4 members (excludes halogenated alkanes) is 1. The number of rotatable bonds is 10. The largest absolute Gasteiger partial charge is 0.383 e. The Labute approximate surface area is 201 Å². The molecule has 3 N–H and O–H groups in total. The molecule has 1 aromatic heterocycles. The predicted octanol–water partition coefficient (Wildman–Crippen LogP) is 3.09. The lowest BCUT2D eigenvalue weighted by atomic mass is 9.99. The Morgan fingerprint density at radius 2 is 1.94 bits per heavy atom. The van der Waals surface area contributed by atoms with Crippen molar-refractivity contribution in [3.63, 3.8) is 0 Å². The van der Waals surface area contributed by atoms with Crippen LogP contribution in [0.15, 0.2) is 46.0 Å². The van der Waals surface area contributed by atoms with E-state index in [0.29, 0.717) is 25.6 Å². The van der Waals surface area contributed by atoms with Crippen LogP contribution in [0, 0.1) is 5.92 Å². The van der Waals surface area contributed by atoms with Crippen LogP contribution in [0.4, 0.5) is 11.5 Å². The van der Waals surface area contributed by atoms with Gasteiger partial charge in [0.25, 0.3) is 5.56 Å². The molecule has 0 saturated heterocycles. The van der Waals surface area contributed by atoms with E-state index in [4.69, 9.17) is 5.73 Å². The highest BCUT2D eigenvalue weighted by atomic mass is 16.2. The van der Waals surface area contributed by atoms with Gasteiger partial charge in [0.15, 0.2) is 5.69 Å². The molecular formula is C26H37N5O3. The first kappa shape index (κ1) is 25.5. The maximum absolute atomic E-state index is 13.5. The fraction of sp³-hybridized carbons (Fsp3) is 0.500. The van der Waals surface area contributed by atoms with Gasteiger partial charge < -0.3 is 10.6 Å².